The number of rotatable bonds is 4. The normalized spacial score (nSPS) is 24.0. The third kappa shape index (κ3) is 3.70. The van der Waals surface area contributed by atoms with Crippen LogP contribution < -0.4 is 4.74 Å². The second kappa shape index (κ2) is 7.38. The Morgan fingerprint density at radius 3 is 2.76 bits per heavy atom. The average Bonchev–Trinajstić information content (AvgIpc) is 3.04. The van der Waals surface area contributed by atoms with Crippen LogP contribution >= 0.6 is 0 Å². The molecule has 2 aromatic rings. The molecule has 0 N–H and O–H groups in total. The highest BCUT2D eigenvalue weighted by Crippen LogP contribution is 2.30. The van der Waals surface area contributed by atoms with Crippen LogP contribution in [0.15, 0.2) is 28.7 Å². The van der Waals surface area contributed by atoms with Gasteiger partial charge in [0, 0.05) is 31.1 Å². The molecule has 136 valence electrons. The molecule has 4 nitrogen and oxygen atoms in total. The predicted molar refractivity (Wildman–Crippen MR) is 101 cm³/mol. The van der Waals surface area contributed by atoms with Crippen LogP contribution in [-0.2, 0) is 6.54 Å². The molecule has 3 heterocycles. The van der Waals surface area contributed by atoms with Gasteiger partial charge in [-0.25, -0.2) is 0 Å². The maximum atomic E-state index is 6.07. The van der Waals surface area contributed by atoms with Crippen molar-refractivity contribution in [2.24, 2.45) is 5.92 Å². The highest BCUT2D eigenvalue weighted by atomic mass is 16.5. The number of hydrogen-bond acceptors (Lipinski definition) is 4. The number of benzene rings is 1. The molecule has 0 bridgehead atoms. The van der Waals surface area contributed by atoms with Crippen LogP contribution in [0.2, 0.25) is 0 Å². The fraction of sp³-hybridized carbons (Fsp3) is 0.619. The first-order valence-corrected chi connectivity index (χ1v) is 9.75. The van der Waals surface area contributed by atoms with Gasteiger partial charge in [0.25, 0.3) is 0 Å². The number of ether oxygens (including phenoxy) is 1. The van der Waals surface area contributed by atoms with Gasteiger partial charge in [-0.05, 0) is 50.3 Å². The molecule has 2 aliphatic rings. The number of piperidine rings is 2. The lowest BCUT2D eigenvalue weighted by atomic mass is 9.95. The molecule has 2 fully saturated rings. The summed E-state index contributed by atoms with van der Waals surface area (Å²) in [4.78, 5) is 5.28. The predicted octanol–water partition coefficient (Wildman–Crippen LogP) is 4.14. The summed E-state index contributed by atoms with van der Waals surface area (Å²) in [6, 6.07) is 9.02. The minimum absolute atomic E-state index is 0.787. The van der Waals surface area contributed by atoms with Crippen LogP contribution in [0.25, 0.3) is 11.0 Å². The summed E-state index contributed by atoms with van der Waals surface area (Å²) in [5, 5.41) is 1.13. The molecule has 1 aromatic carbocycles. The largest absolute Gasteiger partial charge is 0.493 e. The van der Waals surface area contributed by atoms with E-state index < -0.39 is 0 Å². The van der Waals surface area contributed by atoms with E-state index >= 15 is 0 Å². The van der Waals surface area contributed by atoms with Gasteiger partial charge in [0.15, 0.2) is 11.3 Å². The topological polar surface area (TPSA) is 28.9 Å². The first kappa shape index (κ1) is 16.9. The van der Waals surface area contributed by atoms with Gasteiger partial charge >= 0.3 is 0 Å². The quantitative estimate of drug-likeness (QED) is 0.835. The minimum atomic E-state index is 0.787. The van der Waals surface area contributed by atoms with Crippen LogP contribution in [0.4, 0.5) is 0 Å². The number of para-hydroxylation sites is 1. The minimum Gasteiger partial charge on any atom is -0.493 e. The smallest absolute Gasteiger partial charge is 0.176 e. The van der Waals surface area contributed by atoms with Gasteiger partial charge < -0.3 is 14.1 Å². The molecule has 2 aliphatic heterocycles. The Kier molecular flexibility index (Phi) is 5.00. The molecule has 2 saturated heterocycles. The van der Waals surface area contributed by atoms with Crippen LogP contribution in [-0.4, -0.2) is 49.1 Å². The summed E-state index contributed by atoms with van der Waals surface area (Å²) in [6.45, 7) is 8.25. The number of methoxy groups -OCH3 is 1. The van der Waals surface area contributed by atoms with Crippen LogP contribution in [0.5, 0.6) is 5.75 Å². The molecule has 0 spiro atoms. The van der Waals surface area contributed by atoms with Crippen molar-refractivity contribution in [3.8, 4) is 5.75 Å². The Morgan fingerprint density at radius 1 is 1.16 bits per heavy atom. The summed E-state index contributed by atoms with van der Waals surface area (Å²) < 4.78 is 11.5. The van der Waals surface area contributed by atoms with Gasteiger partial charge in [-0.1, -0.05) is 19.1 Å². The third-order valence-electron chi connectivity index (χ3n) is 5.92. The Hall–Kier alpha value is -1.52. The lowest BCUT2D eigenvalue weighted by Gasteiger charge is -2.41. The van der Waals surface area contributed by atoms with Gasteiger partial charge in [-0.3, -0.25) is 4.90 Å². The van der Waals surface area contributed by atoms with Gasteiger partial charge in [-0.2, -0.15) is 0 Å². The van der Waals surface area contributed by atoms with Crippen molar-refractivity contribution in [3.05, 3.63) is 30.0 Å². The van der Waals surface area contributed by atoms with Gasteiger partial charge in [-0.15, -0.1) is 0 Å². The van der Waals surface area contributed by atoms with E-state index in [1.165, 1.54) is 51.9 Å². The molecule has 4 heteroatoms. The Labute approximate surface area is 150 Å². The molecule has 0 aliphatic carbocycles. The molecule has 0 saturated carbocycles. The summed E-state index contributed by atoms with van der Waals surface area (Å²) in [5.41, 5.74) is 0.872. The van der Waals surface area contributed by atoms with Gasteiger partial charge in [0.05, 0.1) is 13.7 Å². The SMILES string of the molecule is COc1cccc2cc(CN3CCC(N4CCCC(C)C4)CC3)oc12. The van der Waals surface area contributed by atoms with E-state index in [2.05, 4.69) is 28.9 Å². The number of fused-ring (bicyclic) bond motifs is 1. The summed E-state index contributed by atoms with van der Waals surface area (Å²) >= 11 is 0. The Bertz CT molecular complexity index is 703. The van der Waals surface area contributed by atoms with E-state index in [1.807, 2.05) is 12.1 Å². The molecule has 1 unspecified atom stereocenters. The Balaban J connectivity index is 1.35. The van der Waals surface area contributed by atoms with Crippen molar-refractivity contribution in [2.45, 2.75) is 45.2 Å². The maximum Gasteiger partial charge on any atom is 0.176 e. The number of likely N-dealkylation sites (tertiary alicyclic amines) is 2. The fourth-order valence-electron chi connectivity index (χ4n) is 4.55. The summed E-state index contributed by atoms with van der Waals surface area (Å²) in [5.74, 6) is 2.74. The number of hydrogen-bond donors (Lipinski definition) is 0. The van der Waals surface area contributed by atoms with E-state index in [0.29, 0.717) is 0 Å². The molecule has 1 aromatic heterocycles. The van der Waals surface area contributed by atoms with E-state index in [9.17, 15) is 0 Å². The molecule has 0 amide bonds. The molecular weight excluding hydrogens is 312 g/mol. The van der Waals surface area contributed by atoms with E-state index in [1.54, 1.807) is 7.11 Å². The molecule has 4 rings (SSSR count). The van der Waals surface area contributed by atoms with E-state index in [4.69, 9.17) is 9.15 Å². The zero-order valence-electron chi connectivity index (χ0n) is 15.5. The maximum absolute atomic E-state index is 6.07. The van der Waals surface area contributed by atoms with Crippen molar-refractivity contribution >= 4 is 11.0 Å². The zero-order valence-corrected chi connectivity index (χ0v) is 15.5. The van der Waals surface area contributed by atoms with Crippen molar-refractivity contribution in [1.82, 2.24) is 9.80 Å². The van der Waals surface area contributed by atoms with Crippen molar-refractivity contribution in [2.75, 3.05) is 33.3 Å². The third-order valence-corrected chi connectivity index (χ3v) is 5.92. The lowest BCUT2D eigenvalue weighted by Crippen LogP contribution is -2.47. The monoisotopic (exact) mass is 342 g/mol. The lowest BCUT2D eigenvalue weighted by molar-refractivity contribution is 0.0708. The van der Waals surface area contributed by atoms with Gasteiger partial charge in [0.2, 0.25) is 0 Å². The zero-order chi connectivity index (χ0) is 17.2. The second-order valence-corrected chi connectivity index (χ2v) is 7.84. The van der Waals surface area contributed by atoms with Crippen molar-refractivity contribution in [3.63, 3.8) is 0 Å². The van der Waals surface area contributed by atoms with E-state index in [0.717, 1.165) is 41.0 Å². The highest BCUT2D eigenvalue weighted by molar-refractivity contribution is 5.83. The average molecular weight is 342 g/mol. The summed E-state index contributed by atoms with van der Waals surface area (Å²) in [7, 11) is 1.70. The van der Waals surface area contributed by atoms with Gasteiger partial charge in [0.1, 0.15) is 5.76 Å². The first-order chi connectivity index (χ1) is 12.2. The molecule has 25 heavy (non-hydrogen) atoms. The Morgan fingerprint density at radius 2 is 2.00 bits per heavy atom. The van der Waals surface area contributed by atoms with Crippen LogP contribution in [0.1, 0.15) is 38.4 Å². The van der Waals surface area contributed by atoms with Crippen LogP contribution in [0.3, 0.4) is 0 Å². The molecule has 0 radical (unpaired) electrons. The molecule has 1 atom stereocenters. The first-order valence-electron chi connectivity index (χ1n) is 9.75. The van der Waals surface area contributed by atoms with Crippen LogP contribution in [0, 0.1) is 5.92 Å². The number of nitrogens with zero attached hydrogens (tertiary/aromatic N) is 2. The highest BCUT2D eigenvalue weighted by Gasteiger charge is 2.27. The fourth-order valence-corrected chi connectivity index (χ4v) is 4.55. The standard InChI is InChI=1S/C21H30N2O2/c1-16-5-4-10-23(14-16)18-8-11-22(12-9-18)15-19-13-17-6-3-7-20(24-2)21(17)25-19/h3,6-7,13,16,18H,4-5,8-12,14-15H2,1-2H3. The molecular formula is C21H30N2O2. The second-order valence-electron chi connectivity index (χ2n) is 7.84. The van der Waals surface area contributed by atoms with Crippen molar-refractivity contribution < 1.29 is 9.15 Å². The van der Waals surface area contributed by atoms with E-state index in [-0.39, 0.29) is 0 Å². The van der Waals surface area contributed by atoms with Crippen molar-refractivity contribution in [1.29, 1.82) is 0 Å². The summed E-state index contributed by atoms with van der Waals surface area (Å²) in [6.07, 6.45) is 5.36. The number of furan rings is 1.